The number of phenolic OH excluding ortho intramolecular Hbond substituents is 1. The maximum absolute atomic E-state index is 11.0. The van der Waals surface area contributed by atoms with Gasteiger partial charge in [-0.2, -0.15) is 0 Å². The van der Waals surface area contributed by atoms with Crippen LogP contribution in [0.15, 0.2) is 24.3 Å². The number of aryl methyl sites for hydroxylation is 4. The Morgan fingerprint density at radius 2 is 1.43 bits per heavy atom. The molecule has 2 nitrogen and oxygen atoms in total. The fourth-order valence-electron chi connectivity index (χ4n) is 4.74. The Morgan fingerprint density at radius 1 is 0.893 bits per heavy atom. The Balaban J connectivity index is 2.65. The molecule has 0 amide bonds. The summed E-state index contributed by atoms with van der Waals surface area (Å²) in [5.41, 5.74) is 6.97. The molecule has 2 aromatic carbocycles. The molecule has 0 heterocycles. The predicted molar refractivity (Wildman–Crippen MR) is 120 cm³/mol. The van der Waals surface area contributed by atoms with E-state index >= 15 is 0 Å². The lowest BCUT2D eigenvalue weighted by Gasteiger charge is -2.29. The van der Waals surface area contributed by atoms with Gasteiger partial charge >= 0.3 is 0 Å². The molecule has 0 saturated heterocycles. The molecule has 0 aliphatic carbocycles. The first-order valence-electron chi connectivity index (χ1n) is 10.4. The summed E-state index contributed by atoms with van der Waals surface area (Å²) < 4.78 is 5.83. The summed E-state index contributed by atoms with van der Waals surface area (Å²) in [6.07, 6.45) is 2.12. The molecule has 0 saturated carbocycles. The van der Waals surface area contributed by atoms with E-state index in [4.69, 9.17) is 4.74 Å². The topological polar surface area (TPSA) is 29.5 Å². The van der Waals surface area contributed by atoms with Crippen molar-refractivity contribution in [1.29, 1.82) is 0 Å². The summed E-state index contributed by atoms with van der Waals surface area (Å²) in [4.78, 5) is 0. The summed E-state index contributed by atoms with van der Waals surface area (Å²) in [7, 11) is 1.75. The van der Waals surface area contributed by atoms with Gasteiger partial charge in [-0.25, -0.2) is 0 Å². The van der Waals surface area contributed by atoms with Gasteiger partial charge in [0.1, 0.15) is 11.5 Å². The van der Waals surface area contributed by atoms with Crippen LogP contribution in [-0.4, -0.2) is 12.2 Å². The molecule has 154 valence electrons. The maximum Gasteiger partial charge on any atom is 0.125 e. The molecule has 2 heteroatoms. The van der Waals surface area contributed by atoms with Crippen LogP contribution >= 0.6 is 0 Å². The number of methoxy groups -OCH3 is 1. The number of rotatable bonds is 6. The Kier molecular flexibility index (Phi) is 6.85. The molecular weight excluding hydrogens is 344 g/mol. The summed E-state index contributed by atoms with van der Waals surface area (Å²) in [6, 6.07) is 8.60. The van der Waals surface area contributed by atoms with Gasteiger partial charge in [0.2, 0.25) is 0 Å². The van der Waals surface area contributed by atoms with Crippen molar-refractivity contribution in [1.82, 2.24) is 0 Å². The standard InChI is InChI=1S/C26H38O2/c1-16-10-19(4)24(27)22(12-16)21(14-18(3)15-26(6,7)8)23-13-17(2)11-20(5)25(23)28-9/h10-13,18,21,27H,14-15H2,1-9H3. The normalized spacial score (nSPS) is 14.0. The summed E-state index contributed by atoms with van der Waals surface area (Å²) in [6.45, 7) is 17.5. The number of ether oxygens (including phenoxy) is 1. The van der Waals surface area contributed by atoms with Crippen molar-refractivity contribution in [3.05, 3.63) is 57.6 Å². The van der Waals surface area contributed by atoms with Gasteiger partial charge in [-0.15, -0.1) is 0 Å². The highest BCUT2D eigenvalue weighted by atomic mass is 16.5. The van der Waals surface area contributed by atoms with Gasteiger partial charge in [-0.1, -0.05) is 63.1 Å². The molecule has 0 fully saturated rings. The van der Waals surface area contributed by atoms with Crippen LogP contribution in [0.1, 0.15) is 79.8 Å². The molecule has 2 unspecified atom stereocenters. The van der Waals surface area contributed by atoms with Gasteiger partial charge in [0.05, 0.1) is 7.11 Å². The minimum Gasteiger partial charge on any atom is -0.507 e. The van der Waals surface area contributed by atoms with Crippen LogP contribution < -0.4 is 4.74 Å². The van der Waals surface area contributed by atoms with E-state index in [1.165, 1.54) is 16.7 Å². The largest absolute Gasteiger partial charge is 0.507 e. The zero-order valence-corrected chi connectivity index (χ0v) is 19.2. The number of hydrogen-bond donors (Lipinski definition) is 1. The van der Waals surface area contributed by atoms with Gasteiger partial charge in [-0.3, -0.25) is 0 Å². The van der Waals surface area contributed by atoms with E-state index in [9.17, 15) is 5.11 Å². The maximum atomic E-state index is 11.0. The molecule has 0 spiro atoms. The van der Waals surface area contributed by atoms with Crippen LogP contribution in [0.4, 0.5) is 0 Å². The molecule has 0 radical (unpaired) electrons. The van der Waals surface area contributed by atoms with Gasteiger partial charge in [0.25, 0.3) is 0 Å². The van der Waals surface area contributed by atoms with Crippen molar-refractivity contribution in [3.8, 4) is 11.5 Å². The first kappa shape index (κ1) is 22.3. The molecule has 2 rings (SSSR count). The molecule has 0 aromatic heterocycles. The molecule has 28 heavy (non-hydrogen) atoms. The van der Waals surface area contributed by atoms with Gasteiger partial charge in [-0.05, 0) is 63.0 Å². The lowest BCUT2D eigenvalue weighted by molar-refractivity contribution is 0.288. The van der Waals surface area contributed by atoms with Crippen LogP contribution in [0.5, 0.6) is 11.5 Å². The second kappa shape index (κ2) is 8.59. The summed E-state index contributed by atoms with van der Waals surface area (Å²) in [5.74, 6) is 1.98. The quantitative estimate of drug-likeness (QED) is 0.571. The molecule has 0 aliphatic rings. The zero-order chi connectivity index (χ0) is 21.2. The van der Waals surface area contributed by atoms with E-state index in [1.54, 1.807) is 7.11 Å². The fraction of sp³-hybridized carbons (Fsp3) is 0.538. The van der Waals surface area contributed by atoms with Gasteiger partial charge in [0, 0.05) is 17.0 Å². The molecule has 1 N–H and O–H groups in total. The van der Waals surface area contributed by atoms with Crippen molar-refractivity contribution < 1.29 is 9.84 Å². The number of hydrogen-bond acceptors (Lipinski definition) is 2. The predicted octanol–water partition coefficient (Wildman–Crippen LogP) is 7.23. The van der Waals surface area contributed by atoms with Crippen molar-refractivity contribution >= 4 is 0 Å². The number of aromatic hydroxyl groups is 1. The van der Waals surface area contributed by atoms with E-state index in [-0.39, 0.29) is 11.3 Å². The van der Waals surface area contributed by atoms with E-state index in [1.807, 2.05) is 13.0 Å². The molecule has 2 aromatic rings. The van der Waals surface area contributed by atoms with Crippen molar-refractivity contribution in [2.75, 3.05) is 7.11 Å². The van der Waals surface area contributed by atoms with Crippen molar-refractivity contribution in [2.24, 2.45) is 11.3 Å². The highest BCUT2D eigenvalue weighted by Crippen LogP contribution is 2.44. The third-order valence-corrected chi connectivity index (χ3v) is 5.48. The molecular formula is C26H38O2. The lowest BCUT2D eigenvalue weighted by atomic mass is 9.76. The van der Waals surface area contributed by atoms with Crippen LogP contribution in [0.25, 0.3) is 0 Å². The lowest BCUT2D eigenvalue weighted by Crippen LogP contribution is -2.15. The first-order valence-corrected chi connectivity index (χ1v) is 10.4. The van der Waals surface area contributed by atoms with Crippen molar-refractivity contribution in [2.45, 2.75) is 74.1 Å². The monoisotopic (exact) mass is 382 g/mol. The van der Waals surface area contributed by atoms with E-state index in [0.717, 1.165) is 35.3 Å². The summed E-state index contributed by atoms with van der Waals surface area (Å²) >= 11 is 0. The molecule has 0 bridgehead atoms. The van der Waals surface area contributed by atoms with Crippen LogP contribution in [0, 0.1) is 39.0 Å². The Morgan fingerprint density at radius 3 is 1.96 bits per heavy atom. The number of benzene rings is 2. The average Bonchev–Trinajstić information content (AvgIpc) is 2.54. The Labute approximate surface area is 172 Å². The Bertz CT molecular complexity index is 827. The molecule has 2 atom stereocenters. The van der Waals surface area contributed by atoms with Gasteiger partial charge < -0.3 is 9.84 Å². The van der Waals surface area contributed by atoms with Crippen molar-refractivity contribution in [3.63, 3.8) is 0 Å². The van der Waals surface area contributed by atoms with Crippen LogP contribution in [0.3, 0.4) is 0 Å². The minimum absolute atomic E-state index is 0.101. The third-order valence-electron chi connectivity index (χ3n) is 5.48. The highest BCUT2D eigenvalue weighted by molar-refractivity contribution is 5.53. The second-order valence-corrected chi connectivity index (χ2v) is 9.88. The van der Waals surface area contributed by atoms with Gasteiger partial charge in [0.15, 0.2) is 0 Å². The number of phenols is 1. The smallest absolute Gasteiger partial charge is 0.125 e. The van der Waals surface area contributed by atoms with Crippen LogP contribution in [0.2, 0.25) is 0 Å². The van der Waals surface area contributed by atoms with E-state index in [0.29, 0.717) is 11.7 Å². The fourth-order valence-corrected chi connectivity index (χ4v) is 4.74. The SMILES string of the molecule is COc1c(C)cc(C)cc1C(CC(C)CC(C)(C)C)c1cc(C)cc(C)c1O. The Hall–Kier alpha value is -1.96. The van der Waals surface area contributed by atoms with E-state index < -0.39 is 0 Å². The average molecular weight is 383 g/mol. The second-order valence-electron chi connectivity index (χ2n) is 9.88. The first-order chi connectivity index (χ1) is 12.9. The molecule has 0 aliphatic heterocycles. The minimum atomic E-state index is 0.101. The zero-order valence-electron chi connectivity index (χ0n) is 19.2. The summed E-state index contributed by atoms with van der Waals surface area (Å²) in [5, 5.41) is 11.0. The third kappa shape index (κ3) is 5.31. The highest BCUT2D eigenvalue weighted by Gasteiger charge is 2.27. The van der Waals surface area contributed by atoms with E-state index in [2.05, 4.69) is 66.7 Å². The van der Waals surface area contributed by atoms with Crippen LogP contribution in [-0.2, 0) is 0 Å².